The lowest BCUT2D eigenvalue weighted by atomic mass is 10.1. The molecule has 1 aliphatic rings. The highest BCUT2D eigenvalue weighted by Crippen LogP contribution is 2.24. The fourth-order valence-corrected chi connectivity index (χ4v) is 2.91. The number of rotatable bonds is 3. The largest absolute Gasteiger partial charge is 0.466 e. The van der Waals surface area contributed by atoms with E-state index in [4.69, 9.17) is 12.2 Å². The Hall–Kier alpha value is -1.08. The third-order valence-electron chi connectivity index (χ3n) is 2.65. The number of piperidine rings is 1. The monoisotopic (exact) mass is 303 g/mol. The summed E-state index contributed by atoms with van der Waals surface area (Å²) >= 11 is 6.37. The van der Waals surface area contributed by atoms with Crippen molar-refractivity contribution in [1.29, 1.82) is 0 Å². The van der Waals surface area contributed by atoms with Gasteiger partial charge in [-0.05, 0) is 19.3 Å². The molecule has 1 aliphatic heterocycles. The summed E-state index contributed by atoms with van der Waals surface area (Å²) in [4.78, 5) is 25.0. The first kappa shape index (κ1) is 16.0. The second kappa shape index (κ2) is 8.16. The van der Waals surface area contributed by atoms with Gasteiger partial charge in [-0.25, -0.2) is 9.59 Å². The Morgan fingerprint density at radius 3 is 2.32 bits per heavy atom. The van der Waals surface area contributed by atoms with Crippen LogP contribution in [0.15, 0.2) is 11.0 Å². The molecule has 0 saturated carbocycles. The zero-order valence-electron chi connectivity index (χ0n) is 11.0. The minimum absolute atomic E-state index is 0.143. The summed E-state index contributed by atoms with van der Waals surface area (Å²) in [5.41, 5.74) is 0. The van der Waals surface area contributed by atoms with Gasteiger partial charge in [-0.3, -0.25) is 0 Å². The van der Waals surface area contributed by atoms with E-state index in [1.165, 1.54) is 20.6 Å². The van der Waals surface area contributed by atoms with E-state index in [0.29, 0.717) is 4.32 Å². The number of thiocarbonyl (C=S) groups is 1. The number of nitrogens with zero attached hydrogens (tertiary/aromatic N) is 1. The first-order valence-electron chi connectivity index (χ1n) is 5.93. The molecule has 0 aromatic carbocycles. The van der Waals surface area contributed by atoms with Crippen LogP contribution in [0.2, 0.25) is 0 Å². The molecule has 0 amide bonds. The van der Waals surface area contributed by atoms with Crippen LogP contribution < -0.4 is 0 Å². The van der Waals surface area contributed by atoms with Gasteiger partial charge in [-0.2, -0.15) is 0 Å². The van der Waals surface area contributed by atoms with Crippen LogP contribution in [-0.2, 0) is 19.1 Å². The van der Waals surface area contributed by atoms with Crippen molar-refractivity contribution in [3.8, 4) is 0 Å². The molecule has 0 N–H and O–H groups in total. The summed E-state index contributed by atoms with van der Waals surface area (Å²) in [5.74, 6) is -1.19. The Bertz CT molecular complexity index is 389. The topological polar surface area (TPSA) is 55.8 Å². The summed E-state index contributed by atoms with van der Waals surface area (Å²) in [6, 6.07) is 0. The number of hydrogen-bond acceptors (Lipinski definition) is 6. The highest BCUT2D eigenvalue weighted by molar-refractivity contribution is 8.26. The second-order valence-corrected chi connectivity index (χ2v) is 5.61. The fraction of sp³-hybridized carbons (Fsp3) is 0.583. The van der Waals surface area contributed by atoms with Crippen molar-refractivity contribution in [2.75, 3.05) is 27.3 Å². The van der Waals surface area contributed by atoms with Crippen molar-refractivity contribution in [3.63, 3.8) is 0 Å². The normalized spacial score (nSPS) is 15.9. The average Bonchev–Trinajstić information content (AvgIpc) is 2.46. The smallest absolute Gasteiger partial charge is 0.345 e. The van der Waals surface area contributed by atoms with E-state index in [1.54, 1.807) is 0 Å². The molecule has 1 heterocycles. The van der Waals surface area contributed by atoms with E-state index in [2.05, 4.69) is 9.47 Å². The molecule has 0 aliphatic carbocycles. The first-order valence-corrected chi connectivity index (χ1v) is 7.15. The number of ether oxygens (including phenoxy) is 2. The maximum atomic E-state index is 11.6. The maximum absolute atomic E-state index is 11.6. The summed E-state index contributed by atoms with van der Waals surface area (Å²) in [7, 11) is 2.51. The molecule has 0 radical (unpaired) electrons. The van der Waals surface area contributed by atoms with Gasteiger partial charge in [0, 0.05) is 19.2 Å². The Morgan fingerprint density at radius 2 is 1.79 bits per heavy atom. The number of carbonyl (C=O) groups excluding carboxylic acids is 2. The van der Waals surface area contributed by atoms with Crippen molar-refractivity contribution >= 4 is 40.2 Å². The molecule has 19 heavy (non-hydrogen) atoms. The fourth-order valence-electron chi connectivity index (χ4n) is 1.63. The maximum Gasteiger partial charge on any atom is 0.345 e. The quantitative estimate of drug-likeness (QED) is 0.447. The number of thioether (sulfide) groups is 1. The van der Waals surface area contributed by atoms with Crippen LogP contribution in [0.5, 0.6) is 0 Å². The molecule has 0 atom stereocenters. The van der Waals surface area contributed by atoms with E-state index >= 15 is 0 Å². The molecule has 1 saturated heterocycles. The third kappa shape index (κ3) is 5.20. The Morgan fingerprint density at radius 1 is 1.16 bits per heavy atom. The zero-order valence-corrected chi connectivity index (χ0v) is 12.6. The van der Waals surface area contributed by atoms with Crippen LogP contribution in [0.4, 0.5) is 0 Å². The van der Waals surface area contributed by atoms with Crippen molar-refractivity contribution in [3.05, 3.63) is 11.0 Å². The van der Waals surface area contributed by atoms with E-state index in [-0.39, 0.29) is 4.91 Å². The molecule has 1 rings (SSSR count). The van der Waals surface area contributed by atoms with Crippen molar-refractivity contribution in [1.82, 2.24) is 4.90 Å². The van der Waals surface area contributed by atoms with Crippen LogP contribution >= 0.6 is 24.0 Å². The predicted octanol–water partition coefficient (Wildman–Crippen LogP) is 1.72. The van der Waals surface area contributed by atoms with Gasteiger partial charge >= 0.3 is 11.9 Å². The predicted molar refractivity (Wildman–Crippen MR) is 77.7 cm³/mol. The van der Waals surface area contributed by atoms with Crippen molar-refractivity contribution < 1.29 is 19.1 Å². The summed E-state index contributed by atoms with van der Waals surface area (Å²) in [5, 5.41) is 0. The SMILES string of the molecule is COC(=O)/C=C(/SC(=S)N1CCCCC1)C(=O)OC. The molecule has 0 spiro atoms. The minimum Gasteiger partial charge on any atom is -0.466 e. The van der Waals surface area contributed by atoms with Crippen LogP contribution in [0.1, 0.15) is 19.3 Å². The lowest BCUT2D eigenvalue weighted by Gasteiger charge is -2.28. The molecule has 5 nitrogen and oxygen atoms in total. The lowest BCUT2D eigenvalue weighted by molar-refractivity contribution is -0.137. The molecule has 106 valence electrons. The number of hydrogen-bond donors (Lipinski definition) is 0. The van der Waals surface area contributed by atoms with Crippen LogP contribution in [-0.4, -0.2) is 48.5 Å². The van der Waals surface area contributed by atoms with Gasteiger partial charge in [-0.1, -0.05) is 24.0 Å². The summed E-state index contributed by atoms with van der Waals surface area (Å²) in [6.07, 6.45) is 4.49. The molecule has 7 heteroatoms. The minimum atomic E-state index is -0.602. The molecule has 1 fully saturated rings. The molecule has 0 aromatic heterocycles. The number of esters is 2. The Balaban J connectivity index is 2.71. The number of methoxy groups -OCH3 is 2. The van der Waals surface area contributed by atoms with Gasteiger partial charge < -0.3 is 14.4 Å². The molecule has 0 aromatic rings. The molecular formula is C12H17NO4S2. The van der Waals surface area contributed by atoms with Crippen LogP contribution in [0.25, 0.3) is 0 Å². The third-order valence-corrected chi connectivity index (χ3v) is 4.09. The standard InChI is InChI=1S/C12H17NO4S2/c1-16-10(14)8-9(11(15)17-2)19-12(18)13-6-4-3-5-7-13/h8H,3-7H2,1-2H3/b9-8+. The van der Waals surface area contributed by atoms with E-state index < -0.39 is 11.9 Å². The van der Waals surface area contributed by atoms with Gasteiger partial charge in [0.25, 0.3) is 0 Å². The van der Waals surface area contributed by atoms with Gasteiger partial charge in [0.1, 0.15) is 9.23 Å². The molecule has 0 bridgehead atoms. The van der Waals surface area contributed by atoms with Crippen molar-refractivity contribution in [2.24, 2.45) is 0 Å². The number of carbonyl (C=O) groups is 2. The molecule has 0 unspecified atom stereocenters. The van der Waals surface area contributed by atoms with Gasteiger partial charge in [-0.15, -0.1) is 0 Å². The van der Waals surface area contributed by atoms with Gasteiger partial charge in [0.2, 0.25) is 0 Å². The molecular weight excluding hydrogens is 286 g/mol. The second-order valence-electron chi connectivity index (χ2n) is 3.94. The first-order chi connectivity index (χ1) is 9.08. The Labute approximate surface area is 122 Å². The zero-order chi connectivity index (χ0) is 14.3. The highest BCUT2D eigenvalue weighted by atomic mass is 32.2. The van der Waals surface area contributed by atoms with Crippen molar-refractivity contribution in [2.45, 2.75) is 19.3 Å². The summed E-state index contributed by atoms with van der Waals surface area (Å²) in [6.45, 7) is 1.77. The van der Waals surface area contributed by atoms with Gasteiger partial charge in [0.15, 0.2) is 0 Å². The van der Waals surface area contributed by atoms with Gasteiger partial charge in [0.05, 0.1) is 14.2 Å². The average molecular weight is 303 g/mol. The van der Waals surface area contributed by atoms with E-state index in [1.807, 2.05) is 4.90 Å². The van der Waals surface area contributed by atoms with E-state index in [9.17, 15) is 9.59 Å². The van der Waals surface area contributed by atoms with Crippen LogP contribution in [0, 0.1) is 0 Å². The Kier molecular flexibility index (Phi) is 6.86. The van der Waals surface area contributed by atoms with Crippen LogP contribution in [0.3, 0.4) is 0 Å². The highest BCUT2D eigenvalue weighted by Gasteiger charge is 2.20. The number of likely N-dealkylation sites (tertiary alicyclic amines) is 1. The van der Waals surface area contributed by atoms with E-state index in [0.717, 1.165) is 43.8 Å². The lowest BCUT2D eigenvalue weighted by Crippen LogP contribution is -2.33. The summed E-state index contributed by atoms with van der Waals surface area (Å²) < 4.78 is 9.72.